The van der Waals surface area contributed by atoms with Crippen molar-refractivity contribution in [2.24, 2.45) is 0 Å². The molecule has 1 aromatic heterocycles. The van der Waals surface area contributed by atoms with Gasteiger partial charge < -0.3 is 9.30 Å². The van der Waals surface area contributed by atoms with Crippen LogP contribution in [-0.2, 0) is 9.53 Å². The van der Waals surface area contributed by atoms with Gasteiger partial charge in [0.2, 0.25) is 0 Å². The summed E-state index contributed by atoms with van der Waals surface area (Å²) < 4.78 is 7.05. The number of carbonyl (C=O) groups is 1. The minimum Gasteiger partial charge on any atom is -0.463 e. The van der Waals surface area contributed by atoms with Crippen molar-refractivity contribution in [3.8, 4) is 0 Å². The Morgan fingerprint density at radius 3 is 3.06 bits per heavy atom. The van der Waals surface area contributed by atoms with Crippen molar-refractivity contribution in [1.82, 2.24) is 9.55 Å². The van der Waals surface area contributed by atoms with Crippen molar-refractivity contribution >= 4 is 12.0 Å². The molecule has 1 aromatic rings. The topological polar surface area (TPSA) is 44.1 Å². The number of hydrogen-bond donors (Lipinski definition) is 0. The van der Waals surface area contributed by atoms with Gasteiger partial charge in [0.05, 0.1) is 24.8 Å². The number of nitrogens with zero attached hydrogens (tertiary/aromatic N) is 2. The first kappa shape index (κ1) is 10.9. The standard InChI is InChI=1S/C12H16N2O2/c1-3-16-12(15)9(2)6-11-7-13-8-14(11)10-4-5-10/h6-8,10H,3-5H2,1-2H3. The van der Waals surface area contributed by atoms with Gasteiger partial charge in [0.25, 0.3) is 0 Å². The Morgan fingerprint density at radius 2 is 2.44 bits per heavy atom. The Bertz CT molecular complexity index is 416. The fourth-order valence-corrected chi connectivity index (χ4v) is 1.61. The molecule has 0 unspecified atom stereocenters. The molecule has 0 atom stereocenters. The third-order valence-corrected chi connectivity index (χ3v) is 2.60. The largest absolute Gasteiger partial charge is 0.463 e. The fourth-order valence-electron chi connectivity index (χ4n) is 1.61. The Labute approximate surface area is 94.9 Å². The zero-order valence-electron chi connectivity index (χ0n) is 9.64. The summed E-state index contributed by atoms with van der Waals surface area (Å²) in [5.74, 6) is -0.258. The molecule has 0 aromatic carbocycles. The van der Waals surface area contributed by atoms with E-state index in [1.165, 1.54) is 12.8 Å². The number of aromatic nitrogens is 2. The number of rotatable bonds is 4. The van der Waals surface area contributed by atoms with Crippen molar-refractivity contribution < 1.29 is 9.53 Å². The maximum atomic E-state index is 11.4. The van der Waals surface area contributed by atoms with E-state index in [1.54, 1.807) is 20.0 Å². The second kappa shape index (κ2) is 4.51. The lowest BCUT2D eigenvalue weighted by Crippen LogP contribution is -2.05. The molecule has 0 N–H and O–H groups in total. The smallest absolute Gasteiger partial charge is 0.333 e. The molecule has 4 heteroatoms. The molecular weight excluding hydrogens is 204 g/mol. The lowest BCUT2D eigenvalue weighted by molar-refractivity contribution is -0.138. The molecule has 0 amide bonds. The zero-order valence-corrected chi connectivity index (χ0v) is 9.64. The highest BCUT2D eigenvalue weighted by atomic mass is 16.5. The monoisotopic (exact) mass is 220 g/mol. The lowest BCUT2D eigenvalue weighted by Gasteiger charge is -2.04. The van der Waals surface area contributed by atoms with Gasteiger partial charge in [-0.05, 0) is 32.8 Å². The highest BCUT2D eigenvalue weighted by molar-refractivity contribution is 5.92. The molecule has 16 heavy (non-hydrogen) atoms. The molecule has 1 aliphatic carbocycles. The molecule has 1 saturated carbocycles. The Hall–Kier alpha value is -1.58. The number of ether oxygens (including phenoxy) is 1. The zero-order chi connectivity index (χ0) is 11.5. The summed E-state index contributed by atoms with van der Waals surface area (Å²) in [4.78, 5) is 15.6. The second-order valence-corrected chi connectivity index (χ2v) is 4.00. The highest BCUT2D eigenvalue weighted by Crippen LogP contribution is 2.36. The molecule has 86 valence electrons. The van der Waals surface area contributed by atoms with Crippen molar-refractivity contribution in [2.75, 3.05) is 6.61 Å². The van der Waals surface area contributed by atoms with Gasteiger partial charge in [-0.3, -0.25) is 0 Å². The van der Waals surface area contributed by atoms with Crippen LogP contribution in [0.4, 0.5) is 0 Å². The van der Waals surface area contributed by atoms with Crippen LogP contribution in [0.1, 0.15) is 38.4 Å². The van der Waals surface area contributed by atoms with Gasteiger partial charge in [0.1, 0.15) is 0 Å². The molecule has 0 aliphatic heterocycles. The summed E-state index contributed by atoms with van der Waals surface area (Å²) in [5.41, 5.74) is 1.59. The van der Waals surface area contributed by atoms with E-state index in [0.29, 0.717) is 18.2 Å². The van der Waals surface area contributed by atoms with Crippen LogP contribution in [-0.4, -0.2) is 22.1 Å². The number of carbonyl (C=O) groups excluding carboxylic acids is 1. The number of hydrogen-bond acceptors (Lipinski definition) is 3. The molecule has 0 spiro atoms. The van der Waals surface area contributed by atoms with E-state index in [9.17, 15) is 4.79 Å². The Morgan fingerprint density at radius 1 is 1.69 bits per heavy atom. The maximum absolute atomic E-state index is 11.4. The summed E-state index contributed by atoms with van der Waals surface area (Å²) >= 11 is 0. The lowest BCUT2D eigenvalue weighted by atomic mass is 10.2. The Kier molecular flexibility index (Phi) is 3.08. The molecular formula is C12H16N2O2. The third-order valence-electron chi connectivity index (χ3n) is 2.60. The van der Waals surface area contributed by atoms with Gasteiger partial charge in [-0.15, -0.1) is 0 Å². The molecule has 1 fully saturated rings. The van der Waals surface area contributed by atoms with E-state index in [1.807, 2.05) is 12.4 Å². The summed E-state index contributed by atoms with van der Waals surface area (Å²) in [6, 6.07) is 0.573. The van der Waals surface area contributed by atoms with Gasteiger partial charge in [-0.2, -0.15) is 0 Å². The predicted molar refractivity (Wildman–Crippen MR) is 60.8 cm³/mol. The van der Waals surface area contributed by atoms with Crippen LogP contribution in [0.15, 0.2) is 18.1 Å². The first-order chi connectivity index (χ1) is 7.72. The molecule has 0 bridgehead atoms. The maximum Gasteiger partial charge on any atom is 0.333 e. The van der Waals surface area contributed by atoms with Crippen molar-refractivity contribution in [1.29, 1.82) is 0 Å². The molecule has 1 aliphatic rings. The Balaban J connectivity index is 2.14. The third kappa shape index (κ3) is 2.32. The van der Waals surface area contributed by atoms with E-state index in [-0.39, 0.29) is 5.97 Å². The van der Waals surface area contributed by atoms with Crippen molar-refractivity contribution in [3.05, 3.63) is 23.8 Å². The van der Waals surface area contributed by atoms with Crippen molar-refractivity contribution in [3.63, 3.8) is 0 Å². The predicted octanol–water partition coefficient (Wildman–Crippen LogP) is 2.18. The summed E-state index contributed by atoms with van der Waals surface area (Å²) in [6.07, 6.45) is 7.84. The molecule has 0 saturated heterocycles. The molecule has 4 nitrogen and oxygen atoms in total. The summed E-state index contributed by atoms with van der Waals surface area (Å²) in [5, 5.41) is 0. The van der Waals surface area contributed by atoms with Crippen LogP contribution in [0.25, 0.3) is 6.08 Å². The van der Waals surface area contributed by atoms with Gasteiger partial charge in [-0.1, -0.05) is 0 Å². The minimum absolute atomic E-state index is 0.258. The number of esters is 1. The van der Waals surface area contributed by atoms with Crippen LogP contribution in [0.5, 0.6) is 0 Å². The quantitative estimate of drug-likeness (QED) is 0.577. The summed E-state index contributed by atoms with van der Waals surface area (Å²) in [7, 11) is 0. The van der Waals surface area contributed by atoms with Crippen LogP contribution in [0, 0.1) is 0 Å². The average Bonchev–Trinajstić information content (AvgIpc) is 3.00. The average molecular weight is 220 g/mol. The van der Waals surface area contributed by atoms with Crippen LogP contribution in [0.3, 0.4) is 0 Å². The van der Waals surface area contributed by atoms with E-state index in [2.05, 4.69) is 9.55 Å². The molecule has 1 heterocycles. The van der Waals surface area contributed by atoms with Crippen LogP contribution in [0.2, 0.25) is 0 Å². The number of imidazole rings is 1. The SMILES string of the molecule is CCOC(=O)C(C)=Cc1cncn1C1CC1. The first-order valence-electron chi connectivity index (χ1n) is 5.59. The van der Waals surface area contributed by atoms with Crippen LogP contribution < -0.4 is 0 Å². The molecule has 2 rings (SSSR count). The van der Waals surface area contributed by atoms with Crippen LogP contribution >= 0.6 is 0 Å². The van der Waals surface area contributed by atoms with E-state index in [4.69, 9.17) is 4.74 Å². The van der Waals surface area contributed by atoms with E-state index in [0.717, 1.165) is 5.69 Å². The highest BCUT2D eigenvalue weighted by Gasteiger charge is 2.24. The minimum atomic E-state index is -0.258. The van der Waals surface area contributed by atoms with Gasteiger partial charge in [-0.25, -0.2) is 9.78 Å². The van der Waals surface area contributed by atoms with E-state index >= 15 is 0 Å². The van der Waals surface area contributed by atoms with Gasteiger partial charge in [0.15, 0.2) is 0 Å². The fraction of sp³-hybridized carbons (Fsp3) is 0.500. The molecule has 0 radical (unpaired) electrons. The van der Waals surface area contributed by atoms with E-state index < -0.39 is 0 Å². The normalized spacial score (nSPS) is 16.2. The van der Waals surface area contributed by atoms with Crippen molar-refractivity contribution in [2.45, 2.75) is 32.7 Å². The van der Waals surface area contributed by atoms with Gasteiger partial charge in [0, 0.05) is 11.6 Å². The second-order valence-electron chi connectivity index (χ2n) is 4.00. The van der Waals surface area contributed by atoms with Gasteiger partial charge >= 0.3 is 5.97 Å². The summed E-state index contributed by atoms with van der Waals surface area (Å²) in [6.45, 7) is 3.98. The first-order valence-corrected chi connectivity index (χ1v) is 5.59.